The van der Waals surface area contributed by atoms with Gasteiger partial charge in [-0.3, -0.25) is 9.80 Å². The fourth-order valence-corrected chi connectivity index (χ4v) is 3.20. The molecule has 24 heavy (non-hydrogen) atoms. The lowest BCUT2D eigenvalue weighted by molar-refractivity contribution is 0.0689. The lowest BCUT2D eigenvalue weighted by Crippen LogP contribution is -2.47. The first-order valence-electron chi connectivity index (χ1n) is 8.69. The average molecular weight is 328 g/mol. The molecule has 130 valence electrons. The predicted octanol–water partition coefficient (Wildman–Crippen LogP) is 1.89. The van der Waals surface area contributed by atoms with Crippen LogP contribution in [0.25, 0.3) is 0 Å². The average Bonchev–Trinajstić information content (AvgIpc) is 2.97. The molecule has 3 rings (SSSR count). The molecule has 0 spiro atoms. The molecule has 2 aromatic rings. The van der Waals surface area contributed by atoms with Gasteiger partial charge >= 0.3 is 0 Å². The van der Waals surface area contributed by atoms with Crippen molar-refractivity contribution in [3.63, 3.8) is 0 Å². The Morgan fingerprint density at radius 2 is 1.79 bits per heavy atom. The molecule has 1 aliphatic heterocycles. The Hall–Kier alpha value is -1.69. The number of nitrogens with zero attached hydrogens (tertiary/aromatic N) is 4. The summed E-state index contributed by atoms with van der Waals surface area (Å²) >= 11 is 0. The van der Waals surface area contributed by atoms with Gasteiger partial charge in [0, 0.05) is 52.2 Å². The van der Waals surface area contributed by atoms with E-state index in [1.807, 2.05) is 25.5 Å². The second-order valence-electron chi connectivity index (χ2n) is 6.89. The van der Waals surface area contributed by atoms with Crippen LogP contribution in [-0.4, -0.2) is 57.2 Å². The van der Waals surface area contributed by atoms with Crippen molar-refractivity contribution >= 4 is 0 Å². The van der Waals surface area contributed by atoms with E-state index < -0.39 is 6.10 Å². The molecular weight excluding hydrogens is 300 g/mol. The van der Waals surface area contributed by atoms with E-state index in [1.165, 1.54) is 11.1 Å². The molecule has 1 aromatic carbocycles. The normalized spacial score (nSPS) is 18.0. The van der Waals surface area contributed by atoms with Crippen molar-refractivity contribution in [3.05, 3.63) is 53.1 Å². The minimum Gasteiger partial charge on any atom is -0.387 e. The zero-order valence-electron chi connectivity index (χ0n) is 14.9. The van der Waals surface area contributed by atoms with E-state index in [2.05, 4.69) is 45.3 Å². The molecule has 1 aromatic heterocycles. The van der Waals surface area contributed by atoms with E-state index in [9.17, 15) is 5.11 Å². The predicted molar refractivity (Wildman–Crippen MR) is 95.8 cm³/mol. The zero-order valence-corrected chi connectivity index (χ0v) is 14.9. The van der Waals surface area contributed by atoms with Crippen molar-refractivity contribution in [3.8, 4) is 0 Å². The van der Waals surface area contributed by atoms with Crippen molar-refractivity contribution in [2.45, 2.75) is 26.5 Å². The third-order valence-corrected chi connectivity index (χ3v) is 5.10. The number of aliphatic hydroxyl groups is 1. The molecular formula is C19H28N4O. The number of piperazine rings is 1. The van der Waals surface area contributed by atoms with Crippen LogP contribution in [0.3, 0.4) is 0 Å². The number of imidazole rings is 1. The van der Waals surface area contributed by atoms with Gasteiger partial charge in [-0.1, -0.05) is 18.2 Å². The Bertz CT molecular complexity index is 674. The molecule has 1 fully saturated rings. The maximum absolute atomic E-state index is 10.5. The monoisotopic (exact) mass is 328 g/mol. The van der Waals surface area contributed by atoms with Crippen molar-refractivity contribution in [2.75, 3.05) is 32.7 Å². The highest BCUT2D eigenvalue weighted by molar-refractivity contribution is 5.31. The van der Waals surface area contributed by atoms with Gasteiger partial charge in [0.25, 0.3) is 0 Å². The van der Waals surface area contributed by atoms with E-state index in [0.717, 1.165) is 44.1 Å². The first-order valence-corrected chi connectivity index (χ1v) is 8.69. The van der Waals surface area contributed by atoms with E-state index in [-0.39, 0.29) is 0 Å². The Morgan fingerprint density at radius 3 is 2.42 bits per heavy atom. The molecule has 1 atom stereocenters. The van der Waals surface area contributed by atoms with Crippen LogP contribution in [0.2, 0.25) is 0 Å². The van der Waals surface area contributed by atoms with Gasteiger partial charge in [0.15, 0.2) is 0 Å². The van der Waals surface area contributed by atoms with Gasteiger partial charge in [-0.05, 0) is 30.5 Å². The molecule has 0 saturated carbocycles. The number of aromatic nitrogens is 2. The molecule has 5 nitrogen and oxygen atoms in total. The van der Waals surface area contributed by atoms with E-state index >= 15 is 0 Å². The minimum absolute atomic E-state index is 0.412. The standard InChI is InChI=1S/C19H28N4O/c1-15-4-5-17(12-16(15)2)18(24)13-22-8-10-23(11-9-22)14-19-20-6-7-21(19)3/h4-7,12,18,24H,8-11,13-14H2,1-3H3/t18-/m1/s1. The molecule has 0 bridgehead atoms. The van der Waals surface area contributed by atoms with Crippen LogP contribution in [0.15, 0.2) is 30.6 Å². The molecule has 1 N–H and O–H groups in total. The zero-order chi connectivity index (χ0) is 17.1. The summed E-state index contributed by atoms with van der Waals surface area (Å²) in [6.45, 7) is 9.84. The number of hydrogen-bond acceptors (Lipinski definition) is 4. The summed E-state index contributed by atoms with van der Waals surface area (Å²) in [6.07, 6.45) is 3.43. The maximum atomic E-state index is 10.5. The van der Waals surface area contributed by atoms with Crippen LogP contribution in [0.5, 0.6) is 0 Å². The van der Waals surface area contributed by atoms with Gasteiger partial charge in [0.05, 0.1) is 12.6 Å². The lowest BCUT2D eigenvalue weighted by atomic mass is 10.0. The van der Waals surface area contributed by atoms with Crippen LogP contribution in [0.4, 0.5) is 0 Å². The van der Waals surface area contributed by atoms with Crippen LogP contribution < -0.4 is 0 Å². The molecule has 5 heteroatoms. The summed E-state index contributed by atoms with van der Waals surface area (Å²) in [5.74, 6) is 1.11. The number of β-amino-alcohol motifs (C(OH)–C–C–N with tert-alkyl or cyclic N) is 1. The first kappa shape index (κ1) is 17.1. The van der Waals surface area contributed by atoms with Gasteiger partial charge in [0.2, 0.25) is 0 Å². The fourth-order valence-electron chi connectivity index (χ4n) is 3.20. The Morgan fingerprint density at radius 1 is 1.08 bits per heavy atom. The topological polar surface area (TPSA) is 44.5 Å². The highest BCUT2D eigenvalue weighted by atomic mass is 16.3. The second-order valence-corrected chi connectivity index (χ2v) is 6.89. The first-order chi connectivity index (χ1) is 11.5. The van der Waals surface area contributed by atoms with Gasteiger partial charge in [0.1, 0.15) is 5.82 Å². The number of hydrogen-bond donors (Lipinski definition) is 1. The number of aryl methyl sites for hydroxylation is 3. The highest BCUT2D eigenvalue weighted by Gasteiger charge is 2.21. The maximum Gasteiger partial charge on any atom is 0.122 e. The smallest absolute Gasteiger partial charge is 0.122 e. The summed E-state index contributed by atoms with van der Waals surface area (Å²) < 4.78 is 2.08. The molecule has 1 saturated heterocycles. The largest absolute Gasteiger partial charge is 0.387 e. The molecule has 0 unspecified atom stereocenters. The van der Waals surface area contributed by atoms with E-state index in [0.29, 0.717) is 6.54 Å². The van der Waals surface area contributed by atoms with Crippen LogP contribution in [0.1, 0.15) is 28.6 Å². The summed E-state index contributed by atoms with van der Waals surface area (Å²) in [5, 5.41) is 10.5. The SMILES string of the molecule is Cc1ccc([C@H](O)CN2CCN(Cc3nccn3C)CC2)cc1C. The Balaban J connectivity index is 1.49. The third-order valence-electron chi connectivity index (χ3n) is 5.10. The fraction of sp³-hybridized carbons (Fsp3) is 0.526. The molecule has 0 amide bonds. The van der Waals surface area contributed by atoms with Crippen LogP contribution in [-0.2, 0) is 13.6 Å². The van der Waals surface area contributed by atoms with Crippen molar-refractivity contribution in [1.82, 2.24) is 19.4 Å². The summed E-state index contributed by atoms with van der Waals surface area (Å²) in [4.78, 5) is 9.19. The minimum atomic E-state index is -0.412. The molecule has 2 heterocycles. The molecule has 0 radical (unpaired) electrons. The third kappa shape index (κ3) is 4.04. The van der Waals surface area contributed by atoms with Gasteiger partial charge < -0.3 is 9.67 Å². The van der Waals surface area contributed by atoms with Gasteiger partial charge in [-0.15, -0.1) is 0 Å². The number of rotatable bonds is 5. The van der Waals surface area contributed by atoms with Gasteiger partial charge in [-0.25, -0.2) is 4.98 Å². The summed E-state index contributed by atoms with van der Waals surface area (Å²) in [6, 6.07) is 6.25. The van der Waals surface area contributed by atoms with Gasteiger partial charge in [-0.2, -0.15) is 0 Å². The molecule has 1 aliphatic rings. The lowest BCUT2D eigenvalue weighted by Gasteiger charge is -2.35. The Kier molecular flexibility index (Phi) is 5.33. The van der Waals surface area contributed by atoms with Crippen molar-refractivity contribution < 1.29 is 5.11 Å². The van der Waals surface area contributed by atoms with Crippen molar-refractivity contribution in [1.29, 1.82) is 0 Å². The number of aliphatic hydroxyl groups excluding tert-OH is 1. The summed E-state index contributed by atoms with van der Waals surface area (Å²) in [7, 11) is 2.04. The van der Waals surface area contributed by atoms with Crippen LogP contribution in [0, 0.1) is 13.8 Å². The molecule has 0 aliphatic carbocycles. The highest BCUT2D eigenvalue weighted by Crippen LogP contribution is 2.19. The second kappa shape index (κ2) is 7.47. The quantitative estimate of drug-likeness (QED) is 0.910. The van der Waals surface area contributed by atoms with E-state index in [4.69, 9.17) is 0 Å². The van der Waals surface area contributed by atoms with E-state index in [1.54, 1.807) is 0 Å². The van der Waals surface area contributed by atoms with Crippen molar-refractivity contribution in [2.24, 2.45) is 7.05 Å². The summed E-state index contributed by atoms with van der Waals surface area (Å²) in [5.41, 5.74) is 3.54. The number of benzene rings is 1. The van der Waals surface area contributed by atoms with Crippen LogP contribution >= 0.6 is 0 Å². The Labute approximate surface area is 144 Å².